The van der Waals surface area contributed by atoms with Gasteiger partial charge in [-0.1, -0.05) is 50.2 Å². The number of ether oxygens (including phenoxy) is 1. The molecule has 0 saturated carbocycles. The van der Waals surface area contributed by atoms with Crippen LogP contribution in [0.2, 0.25) is 0 Å². The molecule has 0 radical (unpaired) electrons. The fourth-order valence-corrected chi connectivity index (χ4v) is 5.58. The largest absolute Gasteiger partial charge is 0.467 e. The number of carbonyl (C=O) groups excluding carboxylic acids is 3. The topological polar surface area (TPSA) is 89.7 Å². The Morgan fingerprint density at radius 3 is 2.28 bits per heavy atom. The molecule has 0 fully saturated rings. The summed E-state index contributed by atoms with van der Waals surface area (Å²) in [7, 11) is 1.25. The number of nitrogens with two attached hydrogens (primary N) is 1. The number of para-hydroxylation sites is 1. The molecule has 1 aliphatic rings. The van der Waals surface area contributed by atoms with Gasteiger partial charge in [0.15, 0.2) is 5.78 Å². The second kappa shape index (κ2) is 9.88. The van der Waals surface area contributed by atoms with Crippen molar-refractivity contribution in [3.63, 3.8) is 0 Å². The molecule has 0 spiro atoms. The summed E-state index contributed by atoms with van der Waals surface area (Å²) in [5.41, 5.74) is 5.68. The SMILES string of the molecule is COC(=O)[C@@](CC(C)C)(C(=O)C1Cc2ccccc2S1)N(C(=O)[C@H](C)N)c1ccccc1. The van der Waals surface area contributed by atoms with Crippen LogP contribution in [0.25, 0.3) is 0 Å². The number of fused-ring (bicyclic) bond motifs is 1. The van der Waals surface area contributed by atoms with E-state index >= 15 is 0 Å². The van der Waals surface area contributed by atoms with Gasteiger partial charge in [-0.2, -0.15) is 0 Å². The lowest BCUT2D eigenvalue weighted by atomic mass is 9.79. The molecule has 3 rings (SSSR count). The maximum atomic E-state index is 14.3. The van der Waals surface area contributed by atoms with Crippen LogP contribution in [-0.4, -0.2) is 41.6 Å². The summed E-state index contributed by atoms with van der Waals surface area (Å²) in [6, 6.07) is 15.7. The van der Waals surface area contributed by atoms with Crippen molar-refractivity contribution in [1.82, 2.24) is 0 Å². The minimum atomic E-state index is -1.82. The predicted molar refractivity (Wildman–Crippen MR) is 127 cm³/mol. The van der Waals surface area contributed by atoms with Gasteiger partial charge < -0.3 is 10.5 Å². The fraction of sp³-hybridized carbons (Fsp3) is 0.400. The Balaban J connectivity index is 2.20. The summed E-state index contributed by atoms with van der Waals surface area (Å²) in [6.45, 7) is 5.39. The minimum Gasteiger partial charge on any atom is -0.467 e. The number of Topliss-reactive ketones (excluding diaryl/α,β-unsaturated/α-hetero) is 1. The Bertz CT molecular complexity index is 967. The normalized spacial score (nSPS) is 17.9. The van der Waals surface area contributed by atoms with E-state index in [1.54, 1.807) is 31.2 Å². The van der Waals surface area contributed by atoms with Gasteiger partial charge in [0.1, 0.15) is 0 Å². The van der Waals surface area contributed by atoms with Crippen molar-refractivity contribution in [3.8, 4) is 0 Å². The Morgan fingerprint density at radius 2 is 1.72 bits per heavy atom. The molecule has 1 unspecified atom stereocenters. The minimum absolute atomic E-state index is 0.0704. The van der Waals surface area contributed by atoms with Crippen LogP contribution in [0.15, 0.2) is 59.5 Å². The quantitative estimate of drug-likeness (QED) is 0.484. The zero-order valence-corrected chi connectivity index (χ0v) is 19.7. The summed E-state index contributed by atoms with van der Waals surface area (Å²) < 4.78 is 5.20. The fourth-order valence-electron chi connectivity index (χ4n) is 4.25. The van der Waals surface area contributed by atoms with Gasteiger partial charge in [0.05, 0.1) is 18.4 Å². The van der Waals surface area contributed by atoms with Crippen molar-refractivity contribution in [2.24, 2.45) is 11.7 Å². The number of rotatable bonds is 8. The molecule has 1 amide bonds. The summed E-state index contributed by atoms with van der Waals surface area (Å²) in [5, 5.41) is -0.516. The van der Waals surface area contributed by atoms with E-state index in [9.17, 15) is 14.4 Å². The third-order valence-electron chi connectivity index (χ3n) is 5.58. The van der Waals surface area contributed by atoms with Crippen molar-refractivity contribution < 1.29 is 19.1 Å². The number of thioether (sulfide) groups is 1. The molecule has 7 heteroatoms. The molecule has 0 aromatic heterocycles. The van der Waals surface area contributed by atoms with Crippen LogP contribution in [0.5, 0.6) is 0 Å². The van der Waals surface area contributed by atoms with E-state index < -0.39 is 28.7 Å². The number of amides is 1. The van der Waals surface area contributed by atoms with Gasteiger partial charge in [0.2, 0.25) is 11.4 Å². The van der Waals surface area contributed by atoms with Crippen LogP contribution in [0, 0.1) is 5.92 Å². The van der Waals surface area contributed by atoms with Gasteiger partial charge >= 0.3 is 5.97 Å². The zero-order chi connectivity index (χ0) is 23.5. The summed E-state index contributed by atoms with van der Waals surface area (Å²) in [6.07, 6.45) is 0.616. The molecule has 0 aliphatic carbocycles. The molecular weight excluding hydrogens is 424 g/mol. The summed E-state index contributed by atoms with van der Waals surface area (Å²) in [4.78, 5) is 43.5. The third kappa shape index (κ3) is 4.45. The lowest BCUT2D eigenvalue weighted by Crippen LogP contribution is -2.67. The monoisotopic (exact) mass is 454 g/mol. The summed E-state index contributed by atoms with van der Waals surface area (Å²) >= 11 is 1.43. The average Bonchev–Trinajstić information content (AvgIpc) is 3.22. The van der Waals surface area contributed by atoms with Crippen LogP contribution in [0.3, 0.4) is 0 Å². The molecule has 2 aromatic carbocycles. The number of carbonyl (C=O) groups is 3. The van der Waals surface area contributed by atoms with Gasteiger partial charge in [0, 0.05) is 10.6 Å². The van der Waals surface area contributed by atoms with Crippen LogP contribution in [0.4, 0.5) is 5.69 Å². The zero-order valence-electron chi connectivity index (χ0n) is 18.9. The molecule has 3 atom stereocenters. The van der Waals surface area contributed by atoms with Crippen molar-refractivity contribution in [1.29, 1.82) is 0 Å². The first-order valence-corrected chi connectivity index (χ1v) is 11.6. The third-order valence-corrected chi connectivity index (χ3v) is 6.90. The van der Waals surface area contributed by atoms with Gasteiger partial charge in [-0.05, 0) is 49.4 Å². The van der Waals surface area contributed by atoms with E-state index in [1.807, 2.05) is 44.2 Å². The first-order chi connectivity index (χ1) is 15.2. The molecule has 1 aliphatic heterocycles. The van der Waals surface area contributed by atoms with Crippen molar-refractivity contribution in [2.75, 3.05) is 12.0 Å². The maximum Gasteiger partial charge on any atom is 0.340 e. The van der Waals surface area contributed by atoms with Crippen LogP contribution in [0.1, 0.15) is 32.8 Å². The molecule has 0 saturated heterocycles. The molecular formula is C25H30N2O4S. The van der Waals surface area contributed by atoms with Crippen LogP contribution in [-0.2, 0) is 25.5 Å². The molecule has 32 heavy (non-hydrogen) atoms. The maximum absolute atomic E-state index is 14.3. The predicted octanol–water partition coefficient (Wildman–Crippen LogP) is 3.61. The van der Waals surface area contributed by atoms with Crippen molar-refractivity contribution in [3.05, 3.63) is 60.2 Å². The first kappa shape index (κ1) is 24.0. The number of ketones is 1. The number of anilines is 1. The Labute approximate surface area is 193 Å². The highest BCUT2D eigenvalue weighted by Gasteiger charge is 2.57. The number of hydrogen-bond donors (Lipinski definition) is 1. The van der Waals surface area contributed by atoms with E-state index in [2.05, 4.69) is 0 Å². The van der Waals surface area contributed by atoms with Gasteiger partial charge in [0.25, 0.3) is 0 Å². The average molecular weight is 455 g/mol. The highest BCUT2D eigenvalue weighted by Crippen LogP contribution is 2.42. The summed E-state index contributed by atoms with van der Waals surface area (Å²) in [5.74, 6) is -1.65. The highest BCUT2D eigenvalue weighted by atomic mass is 32.2. The van der Waals surface area contributed by atoms with Gasteiger partial charge in [-0.3, -0.25) is 14.5 Å². The van der Waals surface area contributed by atoms with Crippen LogP contribution < -0.4 is 10.6 Å². The Kier molecular flexibility index (Phi) is 7.41. The van der Waals surface area contributed by atoms with Crippen molar-refractivity contribution in [2.45, 2.75) is 55.3 Å². The van der Waals surface area contributed by atoms with Gasteiger partial charge in [-0.15, -0.1) is 11.8 Å². The van der Waals surface area contributed by atoms with E-state index in [-0.39, 0.29) is 18.1 Å². The molecule has 1 heterocycles. The molecule has 2 aromatic rings. The molecule has 6 nitrogen and oxygen atoms in total. The molecule has 170 valence electrons. The molecule has 2 N–H and O–H groups in total. The van der Waals surface area contributed by atoms with E-state index in [4.69, 9.17) is 10.5 Å². The number of benzene rings is 2. The number of nitrogens with zero attached hydrogens (tertiary/aromatic N) is 1. The van der Waals surface area contributed by atoms with Crippen molar-refractivity contribution >= 4 is 35.1 Å². The second-order valence-corrected chi connectivity index (χ2v) is 9.77. The number of esters is 1. The number of hydrogen-bond acceptors (Lipinski definition) is 6. The standard InChI is InChI=1S/C25H30N2O4S/c1-16(2)15-25(24(30)31-4,22(28)21-14-18-10-8-9-13-20(18)32-21)27(23(29)17(3)26)19-11-6-5-7-12-19/h5-13,16-17,21H,14-15,26H2,1-4H3/t17-,21?,25+/m0/s1. The van der Waals surface area contributed by atoms with E-state index in [0.29, 0.717) is 12.1 Å². The Morgan fingerprint density at radius 1 is 1.09 bits per heavy atom. The molecule has 0 bridgehead atoms. The Hall–Kier alpha value is -2.64. The lowest BCUT2D eigenvalue weighted by molar-refractivity contribution is -0.154. The number of methoxy groups -OCH3 is 1. The van der Waals surface area contributed by atoms with Crippen LogP contribution >= 0.6 is 11.8 Å². The van der Waals surface area contributed by atoms with Gasteiger partial charge in [-0.25, -0.2) is 4.79 Å². The highest BCUT2D eigenvalue weighted by molar-refractivity contribution is 8.01. The first-order valence-electron chi connectivity index (χ1n) is 10.7. The van der Waals surface area contributed by atoms with E-state index in [0.717, 1.165) is 10.5 Å². The lowest BCUT2D eigenvalue weighted by Gasteiger charge is -2.43. The smallest absolute Gasteiger partial charge is 0.340 e. The second-order valence-electron chi connectivity index (χ2n) is 8.53. The van der Waals surface area contributed by atoms with E-state index in [1.165, 1.54) is 23.8 Å².